The van der Waals surface area contributed by atoms with Gasteiger partial charge in [-0.2, -0.15) is 0 Å². The van der Waals surface area contributed by atoms with Gasteiger partial charge in [0.25, 0.3) is 0 Å². The van der Waals surface area contributed by atoms with Crippen LogP contribution >= 0.6 is 0 Å². The van der Waals surface area contributed by atoms with Crippen LogP contribution in [-0.4, -0.2) is 13.1 Å². The van der Waals surface area contributed by atoms with Gasteiger partial charge >= 0.3 is 0 Å². The van der Waals surface area contributed by atoms with Crippen LogP contribution in [-0.2, 0) is 0 Å². The van der Waals surface area contributed by atoms with E-state index in [1.165, 1.54) is 51.6 Å². The molecule has 0 radical (unpaired) electrons. The molecule has 0 amide bonds. The van der Waals surface area contributed by atoms with Crippen molar-refractivity contribution < 1.29 is 0 Å². The van der Waals surface area contributed by atoms with Crippen molar-refractivity contribution in [3.05, 3.63) is 0 Å². The largest absolute Gasteiger partial charge is 0.316 e. The lowest BCUT2D eigenvalue weighted by Gasteiger charge is -2.56. The van der Waals surface area contributed by atoms with Crippen LogP contribution in [0.3, 0.4) is 0 Å². The Morgan fingerprint density at radius 1 is 0.750 bits per heavy atom. The maximum atomic E-state index is 3.67. The average molecular weight is 165 g/mol. The predicted molar refractivity (Wildman–Crippen MR) is 50.1 cm³/mol. The van der Waals surface area contributed by atoms with Gasteiger partial charge in [0.2, 0.25) is 0 Å². The van der Waals surface area contributed by atoms with Crippen LogP contribution in [0.2, 0.25) is 0 Å². The third-order valence-electron chi connectivity index (χ3n) is 4.58. The fourth-order valence-corrected chi connectivity index (χ4v) is 3.57. The summed E-state index contributed by atoms with van der Waals surface area (Å²) in [6, 6.07) is 0. The summed E-state index contributed by atoms with van der Waals surface area (Å²) in [7, 11) is 0. The number of nitrogens with one attached hydrogen (secondary N) is 1. The Balaban J connectivity index is 1.74. The maximum absolute atomic E-state index is 3.67. The molecule has 0 aromatic rings. The Kier molecular flexibility index (Phi) is 1.39. The summed E-state index contributed by atoms with van der Waals surface area (Å²) in [5.41, 5.74) is 1.55. The Bertz CT molecular complexity index is 169. The summed E-state index contributed by atoms with van der Waals surface area (Å²) in [5, 5.41) is 3.67. The minimum absolute atomic E-state index is 0.776. The van der Waals surface area contributed by atoms with E-state index in [2.05, 4.69) is 5.32 Å². The van der Waals surface area contributed by atoms with Gasteiger partial charge in [-0.1, -0.05) is 12.8 Å². The second-order valence-electron chi connectivity index (χ2n) is 5.49. The van der Waals surface area contributed by atoms with Gasteiger partial charge in [-0.05, 0) is 42.9 Å². The van der Waals surface area contributed by atoms with E-state index in [-0.39, 0.29) is 0 Å². The van der Waals surface area contributed by atoms with Gasteiger partial charge in [-0.15, -0.1) is 0 Å². The first-order valence-corrected chi connectivity index (χ1v) is 5.54. The van der Waals surface area contributed by atoms with E-state index in [9.17, 15) is 0 Å². The molecule has 1 saturated heterocycles. The zero-order valence-electron chi connectivity index (χ0n) is 7.86. The first-order valence-electron chi connectivity index (χ1n) is 5.54. The summed E-state index contributed by atoms with van der Waals surface area (Å²) in [6.07, 6.45) is 10.6. The van der Waals surface area contributed by atoms with Crippen molar-refractivity contribution in [3.63, 3.8) is 0 Å². The summed E-state index contributed by atoms with van der Waals surface area (Å²) >= 11 is 0. The van der Waals surface area contributed by atoms with Crippen molar-refractivity contribution in [3.8, 4) is 0 Å². The highest BCUT2D eigenvalue weighted by molar-refractivity contribution is 5.03. The molecule has 2 spiro atoms. The fraction of sp³-hybridized carbons (Fsp3) is 1.00. The molecular weight excluding hydrogens is 146 g/mol. The van der Waals surface area contributed by atoms with E-state index in [1.54, 1.807) is 6.42 Å². The summed E-state index contributed by atoms with van der Waals surface area (Å²) in [5.74, 6) is 0. The van der Waals surface area contributed by atoms with Crippen molar-refractivity contribution in [2.24, 2.45) is 10.8 Å². The van der Waals surface area contributed by atoms with E-state index in [0.717, 1.165) is 10.8 Å². The van der Waals surface area contributed by atoms with Crippen molar-refractivity contribution in [2.75, 3.05) is 13.1 Å². The molecule has 3 fully saturated rings. The van der Waals surface area contributed by atoms with Crippen LogP contribution in [0, 0.1) is 10.8 Å². The van der Waals surface area contributed by atoms with Crippen molar-refractivity contribution in [1.29, 1.82) is 0 Å². The van der Waals surface area contributed by atoms with Gasteiger partial charge in [0, 0.05) is 13.1 Å². The molecule has 1 aliphatic heterocycles. The third kappa shape index (κ3) is 0.891. The summed E-state index contributed by atoms with van der Waals surface area (Å²) in [6.45, 7) is 2.66. The minimum Gasteiger partial charge on any atom is -0.316 e. The van der Waals surface area contributed by atoms with Gasteiger partial charge in [0.15, 0.2) is 0 Å². The molecule has 3 rings (SSSR count). The van der Waals surface area contributed by atoms with Crippen molar-refractivity contribution >= 4 is 0 Å². The molecule has 0 aromatic heterocycles. The lowest BCUT2D eigenvalue weighted by atomic mass is 9.53. The van der Waals surface area contributed by atoms with Crippen molar-refractivity contribution in [2.45, 2.75) is 44.9 Å². The molecule has 1 heterocycles. The molecule has 1 nitrogen and oxygen atoms in total. The van der Waals surface area contributed by atoms with E-state index < -0.39 is 0 Å². The lowest BCUT2D eigenvalue weighted by Crippen LogP contribution is -2.55. The van der Waals surface area contributed by atoms with Gasteiger partial charge in [-0.25, -0.2) is 0 Å². The molecule has 0 aromatic carbocycles. The molecule has 1 N–H and O–H groups in total. The van der Waals surface area contributed by atoms with E-state index in [1.807, 2.05) is 0 Å². The molecule has 68 valence electrons. The molecule has 12 heavy (non-hydrogen) atoms. The molecule has 3 aliphatic rings. The quantitative estimate of drug-likeness (QED) is 0.581. The van der Waals surface area contributed by atoms with Gasteiger partial charge in [-0.3, -0.25) is 0 Å². The van der Waals surface area contributed by atoms with Crippen LogP contribution in [0.5, 0.6) is 0 Å². The van der Waals surface area contributed by atoms with Crippen molar-refractivity contribution in [1.82, 2.24) is 5.32 Å². The normalized spacial score (nSPS) is 36.0. The zero-order valence-corrected chi connectivity index (χ0v) is 7.86. The van der Waals surface area contributed by atoms with E-state index in [0.29, 0.717) is 0 Å². The Hall–Kier alpha value is -0.0400. The second kappa shape index (κ2) is 2.25. The molecule has 2 saturated carbocycles. The Labute approximate surface area is 74.9 Å². The van der Waals surface area contributed by atoms with Crippen LogP contribution < -0.4 is 5.32 Å². The highest BCUT2D eigenvalue weighted by Crippen LogP contribution is 2.56. The maximum Gasteiger partial charge on any atom is 0.000825 e. The fourth-order valence-electron chi connectivity index (χ4n) is 3.57. The molecule has 0 bridgehead atoms. The second-order valence-corrected chi connectivity index (χ2v) is 5.49. The highest BCUT2D eigenvalue weighted by Gasteiger charge is 2.49. The average Bonchev–Trinajstić information content (AvgIpc) is 1.99. The predicted octanol–water partition coefficient (Wildman–Crippen LogP) is 2.32. The standard InChI is InChI=1S/C11H19N/c1-3-10(4-1)7-11(5-2-6-11)9-12-8-10/h12H,1-9H2. The van der Waals surface area contributed by atoms with Crippen LogP contribution in [0.1, 0.15) is 44.9 Å². The number of piperidine rings is 1. The number of rotatable bonds is 0. The summed E-state index contributed by atoms with van der Waals surface area (Å²) in [4.78, 5) is 0. The number of hydrogen-bond donors (Lipinski definition) is 1. The Morgan fingerprint density at radius 2 is 1.25 bits per heavy atom. The van der Waals surface area contributed by atoms with Crippen LogP contribution in [0.4, 0.5) is 0 Å². The highest BCUT2D eigenvalue weighted by atomic mass is 14.9. The molecule has 2 aliphatic carbocycles. The third-order valence-corrected chi connectivity index (χ3v) is 4.58. The SMILES string of the molecule is C1CC2(C1)CNCC1(CCC1)C2. The molecule has 0 unspecified atom stereocenters. The topological polar surface area (TPSA) is 12.0 Å². The van der Waals surface area contributed by atoms with E-state index in [4.69, 9.17) is 0 Å². The first-order chi connectivity index (χ1) is 5.83. The molecule has 1 heteroatoms. The van der Waals surface area contributed by atoms with Gasteiger partial charge in [0.05, 0.1) is 0 Å². The van der Waals surface area contributed by atoms with Crippen LogP contribution in [0.25, 0.3) is 0 Å². The minimum atomic E-state index is 0.776. The molecule has 0 atom stereocenters. The molecular formula is C11H19N. The lowest BCUT2D eigenvalue weighted by molar-refractivity contribution is -0.0311. The smallest absolute Gasteiger partial charge is 0.000825 e. The Morgan fingerprint density at radius 3 is 1.58 bits per heavy atom. The van der Waals surface area contributed by atoms with Crippen LogP contribution in [0.15, 0.2) is 0 Å². The van der Waals surface area contributed by atoms with Gasteiger partial charge in [0.1, 0.15) is 0 Å². The summed E-state index contributed by atoms with van der Waals surface area (Å²) < 4.78 is 0. The number of hydrogen-bond acceptors (Lipinski definition) is 1. The van der Waals surface area contributed by atoms with Gasteiger partial charge < -0.3 is 5.32 Å². The zero-order chi connectivity index (χ0) is 8.07. The monoisotopic (exact) mass is 165 g/mol. The first kappa shape index (κ1) is 7.37. The van der Waals surface area contributed by atoms with E-state index >= 15 is 0 Å².